The Morgan fingerprint density at radius 2 is 2.43 bits per heavy atom. The molecular formula is C10H19N3O. The quantitative estimate of drug-likeness (QED) is 0.644. The molecule has 4 nitrogen and oxygen atoms in total. The first-order valence-corrected chi connectivity index (χ1v) is 5.50. The Balaban J connectivity index is 1.81. The van der Waals surface area contributed by atoms with Gasteiger partial charge in [0.05, 0.1) is 0 Å². The topological polar surface area (TPSA) is 58.4 Å². The van der Waals surface area contributed by atoms with Crippen LogP contribution >= 0.6 is 0 Å². The number of hydrogen-bond acceptors (Lipinski definition) is 3. The second kappa shape index (κ2) is 4.28. The average Bonchev–Trinajstić information content (AvgIpc) is 2.76. The summed E-state index contributed by atoms with van der Waals surface area (Å²) in [7, 11) is 0. The van der Waals surface area contributed by atoms with E-state index < -0.39 is 0 Å². The average molecular weight is 197 g/mol. The molecule has 0 bridgehead atoms. The van der Waals surface area contributed by atoms with Crippen LogP contribution in [0.2, 0.25) is 0 Å². The summed E-state index contributed by atoms with van der Waals surface area (Å²) in [6.07, 6.45) is 3.19. The van der Waals surface area contributed by atoms with E-state index in [0.29, 0.717) is 18.4 Å². The number of nitrogens with zero attached hydrogens (tertiary/aromatic N) is 1. The lowest BCUT2D eigenvalue weighted by molar-refractivity contribution is -0.119. The standard InChI is InChI=1S/C10H19N3O/c11-5-9-2-1-3-13(9)7-8-4-10(14)12-6-8/h8-9H,1-7,11H2,(H,12,14). The fraction of sp³-hybridized carbons (Fsp3) is 0.900. The Labute approximate surface area is 84.8 Å². The molecule has 0 aromatic heterocycles. The van der Waals surface area contributed by atoms with Gasteiger partial charge in [-0.2, -0.15) is 0 Å². The van der Waals surface area contributed by atoms with Gasteiger partial charge < -0.3 is 11.1 Å². The third-order valence-electron chi connectivity index (χ3n) is 3.33. The van der Waals surface area contributed by atoms with Gasteiger partial charge in [-0.05, 0) is 25.3 Å². The van der Waals surface area contributed by atoms with Crippen molar-refractivity contribution in [3.63, 3.8) is 0 Å². The summed E-state index contributed by atoms with van der Waals surface area (Å²) in [6, 6.07) is 0.561. The van der Waals surface area contributed by atoms with Gasteiger partial charge in [-0.25, -0.2) is 0 Å². The minimum absolute atomic E-state index is 0.207. The van der Waals surface area contributed by atoms with Crippen LogP contribution in [0, 0.1) is 5.92 Å². The van der Waals surface area contributed by atoms with Crippen LogP contribution in [0.15, 0.2) is 0 Å². The molecule has 0 aromatic rings. The van der Waals surface area contributed by atoms with Crippen LogP contribution in [0.25, 0.3) is 0 Å². The monoisotopic (exact) mass is 197 g/mol. The summed E-state index contributed by atoms with van der Waals surface area (Å²) in [6.45, 7) is 3.81. The summed E-state index contributed by atoms with van der Waals surface area (Å²) < 4.78 is 0. The third-order valence-corrected chi connectivity index (χ3v) is 3.33. The van der Waals surface area contributed by atoms with Gasteiger partial charge in [-0.1, -0.05) is 0 Å². The molecule has 80 valence electrons. The van der Waals surface area contributed by atoms with Gasteiger partial charge in [0.25, 0.3) is 0 Å². The van der Waals surface area contributed by atoms with Gasteiger partial charge in [0, 0.05) is 32.1 Å². The first-order chi connectivity index (χ1) is 6.79. The number of rotatable bonds is 3. The van der Waals surface area contributed by atoms with Gasteiger partial charge in [0.2, 0.25) is 5.91 Å². The predicted octanol–water partition coefficient (Wildman–Crippen LogP) is -0.454. The molecule has 2 unspecified atom stereocenters. The molecule has 0 spiro atoms. The number of nitrogens with one attached hydrogen (secondary N) is 1. The Morgan fingerprint density at radius 3 is 3.07 bits per heavy atom. The molecular weight excluding hydrogens is 178 g/mol. The molecule has 14 heavy (non-hydrogen) atoms. The van der Waals surface area contributed by atoms with Crippen molar-refractivity contribution in [3.05, 3.63) is 0 Å². The molecule has 4 heteroatoms. The van der Waals surface area contributed by atoms with E-state index in [1.54, 1.807) is 0 Å². The Bertz CT molecular complexity index is 219. The van der Waals surface area contributed by atoms with E-state index >= 15 is 0 Å². The molecule has 2 fully saturated rings. The number of carbonyl (C=O) groups excluding carboxylic acids is 1. The zero-order valence-electron chi connectivity index (χ0n) is 8.54. The zero-order chi connectivity index (χ0) is 9.97. The number of hydrogen-bond donors (Lipinski definition) is 2. The number of carbonyl (C=O) groups is 1. The molecule has 2 heterocycles. The second-order valence-electron chi connectivity index (χ2n) is 4.40. The zero-order valence-corrected chi connectivity index (χ0v) is 8.54. The first kappa shape index (κ1) is 9.93. The van der Waals surface area contributed by atoms with E-state index in [4.69, 9.17) is 5.73 Å². The van der Waals surface area contributed by atoms with E-state index in [1.807, 2.05) is 0 Å². The number of likely N-dealkylation sites (tertiary alicyclic amines) is 1. The van der Waals surface area contributed by atoms with Crippen molar-refractivity contribution < 1.29 is 4.79 Å². The molecule has 2 atom stereocenters. The summed E-state index contributed by atoms with van der Waals surface area (Å²) in [5.74, 6) is 0.716. The largest absolute Gasteiger partial charge is 0.356 e. The molecule has 2 aliphatic heterocycles. The number of nitrogens with two attached hydrogens (primary N) is 1. The van der Waals surface area contributed by atoms with Gasteiger partial charge >= 0.3 is 0 Å². The molecule has 0 aromatic carbocycles. The van der Waals surface area contributed by atoms with E-state index in [9.17, 15) is 4.79 Å². The molecule has 0 saturated carbocycles. The fourth-order valence-electron chi connectivity index (χ4n) is 2.53. The predicted molar refractivity (Wildman–Crippen MR) is 54.8 cm³/mol. The van der Waals surface area contributed by atoms with Crippen LogP contribution in [-0.4, -0.2) is 43.0 Å². The summed E-state index contributed by atoms with van der Waals surface area (Å²) in [5, 5.41) is 2.88. The summed E-state index contributed by atoms with van der Waals surface area (Å²) >= 11 is 0. The highest BCUT2D eigenvalue weighted by Gasteiger charge is 2.29. The van der Waals surface area contributed by atoms with Gasteiger partial charge in [-0.3, -0.25) is 9.69 Å². The van der Waals surface area contributed by atoms with Crippen LogP contribution in [-0.2, 0) is 4.79 Å². The highest BCUT2D eigenvalue weighted by Crippen LogP contribution is 2.20. The maximum atomic E-state index is 11.0. The third kappa shape index (κ3) is 2.07. The van der Waals surface area contributed by atoms with Crippen LogP contribution in [0.1, 0.15) is 19.3 Å². The highest BCUT2D eigenvalue weighted by atomic mass is 16.1. The molecule has 2 rings (SSSR count). The van der Waals surface area contributed by atoms with Gasteiger partial charge in [-0.15, -0.1) is 0 Å². The second-order valence-corrected chi connectivity index (χ2v) is 4.40. The normalized spacial score (nSPS) is 33.6. The molecule has 1 amide bonds. The Kier molecular flexibility index (Phi) is 3.03. The van der Waals surface area contributed by atoms with E-state index in [-0.39, 0.29) is 5.91 Å². The summed E-state index contributed by atoms with van der Waals surface area (Å²) in [5.41, 5.74) is 5.70. The van der Waals surface area contributed by atoms with Crippen molar-refractivity contribution in [1.29, 1.82) is 0 Å². The lowest BCUT2D eigenvalue weighted by Gasteiger charge is -2.25. The Morgan fingerprint density at radius 1 is 1.57 bits per heavy atom. The molecule has 0 aliphatic carbocycles. The van der Waals surface area contributed by atoms with Crippen molar-refractivity contribution in [2.75, 3.05) is 26.2 Å². The van der Waals surface area contributed by atoms with Crippen LogP contribution in [0.5, 0.6) is 0 Å². The molecule has 3 N–H and O–H groups in total. The van der Waals surface area contributed by atoms with Gasteiger partial charge in [0.15, 0.2) is 0 Å². The van der Waals surface area contributed by atoms with E-state index in [0.717, 1.165) is 26.2 Å². The summed E-state index contributed by atoms with van der Waals surface area (Å²) in [4.78, 5) is 13.5. The van der Waals surface area contributed by atoms with Gasteiger partial charge in [0.1, 0.15) is 0 Å². The smallest absolute Gasteiger partial charge is 0.220 e. The maximum absolute atomic E-state index is 11.0. The fourth-order valence-corrected chi connectivity index (χ4v) is 2.53. The van der Waals surface area contributed by atoms with Crippen molar-refractivity contribution in [1.82, 2.24) is 10.2 Å². The SMILES string of the molecule is NCC1CCCN1CC1CNC(=O)C1. The van der Waals surface area contributed by atoms with Crippen molar-refractivity contribution >= 4 is 5.91 Å². The minimum Gasteiger partial charge on any atom is -0.356 e. The highest BCUT2D eigenvalue weighted by molar-refractivity contribution is 5.78. The Hall–Kier alpha value is -0.610. The molecule has 0 radical (unpaired) electrons. The van der Waals surface area contributed by atoms with Crippen LogP contribution < -0.4 is 11.1 Å². The van der Waals surface area contributed by atoms with Crippen LogP contribution in [0.3, 0.4) is 0 Å². The lowest BCUT2D eigenvalue weighted by Crippen LogP contribution is -2.38. The lowest BCUT2D eigenvalue weighted by atomic mass is 10.1. The molecule has 2 saturated heterocycles. The minimum atomic E-state index is 0.207. The van der Waals surface area contributed by atoms with E-state index in [1.165, 1.54) is 12.8 Å². The van der Waals surface area contributed by atoms with E-state index in [2.05, 4.69) is 10.2 Å². The van der Waals surface area contributed by atoms with Crippen molar-refractivity contribution in [2.45, 2.75) is 25.3 Å². The first-order valence-electron chi connectivity index (χ1n) is 5.50. The molecule has 2 aliphatic rings. The maximum Gasteiger partial charge on any atom is 0.220 e. The number of amides is 1. The van der Waals surface area contributed by atoms with Crippen molar-refractivity contribution in [2.24, 2.45) is 11.7 Å². The van der Waals surface area contributed by atoms with Crippen molar-refractivity contribution in [3.8, 4) is 0 Å². The van der Waals surface area contributed by atoms with Crippen LogP contribution in [0.4, 0.5) is 0 Å².